The fourth-order valence-electron chi connectivity index (χ4n) is 5.90. The highest BCUT2D eigenvalue weighted by molar-refractivity contribution is 5.98. The average Bonchev–Trinajstić information content (AvgIpc) is 3.43. The van der Waals surface area contributed by atoms with Crippen LogP contribution in [0.4, 0.5) is 5.82 Å². The molecule has 5 heterocycles. The van der Waals surface area contributed by atoms with Crippen LogP contribution in [0.5, 0.6) is 5.75 Å². The quantitative estimate of drug-likeness (QED) is 0.277. The lowest BCUT2D eigenvalue weighted by molar-refractivity contribution is 0.293. The molecule has 4 aromatic heterocycles. The zero-order chi connectivity index (χ0) is 29.5. The lowest BCUT2D eigenvalue weighted by Gasteiger charge is -2.28. The number of anilines is 1. The largest absolute Gasteiger partial charge is 0.506 e. The Bertz CT molecular complexity index is 2070. The molecule has 0 saturated heterocycles. The monoisotopic (exact) mass is 571 g/mol. The lowest BCUT2D eigenvalue weighted by atomic mass is 9.92. The first kappa shape index (κ1) is 26.5. The Morgan fingerprint density at radius 3 is 2.60 bits per heavy atom. The van der Waals surface area contributed by atoms with Crippen molar-refractivity contribution in [2.45, 2.75) is 25.9 Å². The molecule has 0 spiro atoms. The Labute approximate surface area is 246 Å². The molecule has 10 heteroatoms. The predicted molar refractivity (Wildman–Crippen MR) is 165 cm³/mol. The van der Waals surface area contributed by atoms with E-state index in [2.05, 4.69) is 50.2 Å². The summed E-state index contributed by atoms with van der Waals surface area (Å²) in [5.41, 5.74) is 10.7. The number of nitrogen functional groups attached to an aromatic ring is 1. The normalized spacial score (nSPS) is 14.7. The number of nitrogens with zero attached hydrogens (tertiary/aromatic N) is 6. The van der Waals surface area contributed by atoms with E-state index in [0.717, 1.165) is 42.6 Å². The molecule has 0 fully saturated rings. The minimum Gasteiger partial charge on any atom is -0.506 e. The fourth-order valence-corrected chi connectivity index (χ4v) is 5.90. The van der Waals surface area contributed by atoms with Gasteiger partial charge >= 0.3 is 5.63 Å². The fraction of sp³-hybridized carbons (Fsp3) is 0.182. The molecule has 6 aromatic rings. The number of fused-ring (bicyclic) bond motifs is 2. The van der Waals surface area contributed by atoms with Gasteiger partial charge in [0.2, 0.25) is 0 Å². The molecule has 1 atom stereocenters. The lowest BCUT2D eigenvalue weighted by Crippen LogP contribution is -2.28. The Hall–Kier alpha value is -5.35. The van der Waals surface area contributed by atoms with Crippen molar-refractivity contribution in [3.63, 3.8) is 0 Å². The van der Waals surface area contributed by atoms with Gasteiger partial charge in [-0.15, -0.1) is 0 Å². The van der Waals surface area contributed by atoms with Gasteiger partial charge in [0.25, 0.3) is 0 Å². The third kappa shape index (κ3) is 4.81. The van der Waals surface area contributed by atoms with Crippen LogP contribution in [-0.2, 0) is 6.54 Å². The van der Waals surface area contributed by atoms with E-state index >= 15 is 0 Å². The highest BCUT2D eigenvalue weighted by Crippen LogP contribution is 2.38. The number of rotatable bonds is 6. The second-order valence-corrected chi connectivity index (χ2v) is 10.7. The molecular formula is C33H29N7O3. The molecule has 2 aromatic carbocycles. The molecule has 0 radical (unpaired) electrons. The van der Waals surface area contributed by atoms with Gasteiger partial charge in [-0.3, -0.25) is 9.88 Å². The third-order valence-electron chi connectivity index (χ3n) is 7.99. The Kier molecular flexibility index (Phi) is 6.67. The van der Waals surface area contributed by atoms with E-state index in [9.17, 15) is 9.90 Å². The maximum atomic E-state index is 13.3. The molecular weight excluding hydrogens is 542 g/mol. The second-order valence-electron chi connectivity index (χ2n) is 10.7. The third-order valence-corrected chi connectivity index (χ3v) is 7.99. The summed E-state index contributed by atoms with van der Waals surface area (Å²) in [5, 5.41) is 16.9. The van der Waals surface area contributed by atoms with Gasteiger partial charge in [-0.25, -0.2) is 19.4 Å². The van der Waals surface area contributed by atoms with Crippen LogP contribution in [0.3, 0.4) is 0 Å². The van der Waals surface area contributed by atoms with Gasteiger partial charge in [0, 0.05) is 37.0 Å². The van der Waals surface area contributed by atoms with Gasteiger partial charge in [0.05, 0.1) is 17.0 Å². The maximum Gasteiger partial charge on any atom is 0.343 e. The molecule has 1 unspecified atom stereocenters. The van der Waals surface area contributed by atoms with E-state index in [1.165, 1.54) is 18.1 Å². The molecule has 1 aliphatic rings. The van der Waals surface area contributed by atoms with Crippen molar-refractivity contribution in [3.05, 3.63) is 113 Å². The molecule has 3 N–H and O–H groups in total. The second kappa shape index (κ2) is 10.8. The van der Waals surface area contributed by atoms with Crippen molar-refractivity contribution in [3.8, 4) is 17.0 Å². The van der Waals surface area contributed by atoms with Gasteiger partial charge < -0.3 is 15.3 Å². The molecule has 7 rings (SSSR count). The molecule has 0 amide bonds. The zero-order valence-corrected chi connectivity index (χ0v) is 23.5. The Balaban J connectivity index is 1.36. The van der Waals surface area contributed by atoms with Crippen LogP contribution in [0.25, 0.3) is 38.6 Å². The van der Waals surface area contributed by atoms with E-state index in [1.807, 2.05) is 31.2 Å². The summed E-state index contributed by atoms with van der Waals surface area (Å²) in [4.78, 5) is 28.5. The molecule has 10 nitrogen and oxygen atoms in total. The predicted octanol–water partition coefficient (Wildman–Crippen LogP) is 5.18. The first-order valence-electron chi connectivity index (χ1n) is 14.1. The molecule has 0 bridgehead atoms. The van der Waals surface area contributed by atoms with Crippen LogP contribution < -0.4 is 11.4 Å². The van der Waals surface area contributed by atoms with Crippen LogP contribution in [0.2, 0.25) is 0 Å². The number of nitrogens with two attached hydrogens (primary N) is 1. The smallest absolute Gasteiger partial charge is 0.343 e. The molecule has 1 aliphatic heterocycles. The van der Waals surface area contributed by atoms with Crippen LogP contribution >= 0.6 is 0 Å². The minimum absolute atomic E-state index is 0.00275. The van der Waals surface area contributed by atoms with Crippen molar-refractivity contribution in [1.29, 1.82) is 0 Å². The van der Waals surface area contributed by atoms with Gasteiger partial charge in [-0.1, -0.05) is 54.6 Å². The SMILES string of the molecule is CC(c1oc(=O)c2ccccc2c1C1=CCN(Cc2ccccc2)CC1)n1nc(-c2cncc(O)c2)c2c(N)ncnc21. The minimum atomic E-state index is -0.536. The number of hydrogen-bond donors (Lipinski definition) is 2. The van der Waals surface area contributed by atoms with Crippen LogP contribution in [0.15, 0.2) is 94.7 Å². The van der Waals surface area contributed by atoms with Crippen molar-refractivity contribution in [2.24, 2.45) is 0 Å². The Morgan fingerprint density at radius 2 is 1.84 bits per heavy atom. The molecule has 43 heavy (non-hydrogen) atoms. The van der Waals surface area contributed by atoms with Crippen LogP contribution in [-0.4, -0.2) is 47.8 Å². The van der Waals surface area contributed by atoms with E-state index < -0.39 is 11.7 Å². The number of pyridine rings is 1. The van der Waals surface area contributed by atoms with Gasteiger partial charge in [-0.05, 0) is 42.0 Å². The van der Waals surface area contributed by atoms with Crippen molar-refractivity contribution >= 4 is 33.2 Å². The summed E-state index contributed by atoms with van der Waals surface area (Å²) >= 11 is 0. The Morgan fingerprint density at radius 1 is 1.05 bits per heavy atom. The van der Waals surface area contributed by atoms with E-state index in [4.69, 9.17) is 15.2 Å². The first-order chi connectivity index (χ1) is 21.0. The summed E-state index contributed by atoms with van der Waals surface area (Å²) in [7, 11) is 0. The first-order valence-corrected chi connectivity index (χ1v) is 14.1. The number of benzene rings is 2. The van der Waals surface area contributed by atoms with E-state index in [1.54, 1.807) is 23.0 Å². The van der Waals surface area contributed by atoms with Crippen molar-refractivity contribution in [2.75, 3.05) is 18.8 Å². The highest BCUT2D eigenvalue weighted by Gasteiger charge is 2.28. The van der Waals surface area contributed by atoms with E-state index in [-0.39, 0.29) is 11.6 Å². The van der Waals surface area contributed by atoms with Gasteiger partial charge in [0.1, 0.15) is 35.4 Å². The topological polar surface area (TPSA) is 136 Å². The summed E-state index contributed by atoms with van der Waals surface area (Å²) < 4.78 is 7.83. The molecule has 0 aliphatic carbocycles. The number of hydrogen-bond acceptors (Lipinski definition) is 9. The molecule has 0 saturated carbocycles. The highest BCUT2D eigenvalue weighted by atomic mass is 16.4. The van der Waals surface area contributed by atoms with Crippen LogP contribution in [0.1, 0.15) is 36.3 Å². The van der Waals surface area contributed by atoms with Crippen molar-refractivity contribution in [1.82, 2.24) is 29.6 Å². The van der Waals surface area contributed by atoms with E-state index in [0.29, 0.717) is 33.4 Å². The van der Waals surface area contributed by atoms with Crippen molar-refractivity contribution < 1.29 is 9.52 Å². The summed E-state index contributed by atoms with van der Waals surface area (Å²) in [5.74, 6) is 0.737. The summed E-state index contributed by atoms with van der Waals surface area (Å²) in [6.45, 7) is 4.43. The summed E-state index contributed by atoms with van der Waals surface area (Å²) in [6.07, 6.45) is 7.35. The van der Waals surface area contributed by atoms with Crippen LogP contribution in [0, 0.1) is 0 Å². The van der Waals surface area contributed by atoms with Gasteiger partial charge in [0.15, 0.2) is 5.65 Å². The number of aromatic hydroxyl groups is 1. The number of aromatic nitrogens is 5. The standard InChI is InChI=1S/C33H29N7O3/c1-20(40-32-28(31(34)36-19-37-32)29(38-40)23-15-24(41)17-35-16-23)30-27(25-9-5-6-10-26(25)33(42)43-30)22-11-13-39(14-12-22)18-21-7-3-2-4-8-21/h2-11,15-17,19-20,41H,12-14,18H2,1H3,(H2,34,36,37). The molecule has 214 valence electrons. The zero-order valence-electron chi connectivity index (χ0n) is 23.5. The average molecular weight is 572 g/mol. The maximum absolute atomic E-state index is 13.3. The summed E-state index contributed by atoms with van der Waals surface area (Å²) in [6, 6.07) is 19.0. The van der Waals surface area contributed by atoms with Gasteiger partial charge in [-0.2, -0.15) is 5.10 Å².